The van der Waals surface area contributed by atoms with Crippen molar-refractivity contribution in [2.45, 2.75) is 32.3 Å². The van der Waals surface area contributed by atoms with Crippen molar-refractivity contribution >= 4 is 0 Å². The van der Waals surface area contributed by atoms with Crippen LogP contribution in [0.25, 0.3) is 0 Å². The molecule has 0 amide bonds. The molecule has 0 radical (unpaired) electrons. The number of ether oxygens (including phenoxy) is 1. The molecule has 1 saturated carbocycles. The van der Waals surface area contributed by atoms with Crippen LogP contribution in [0.3, 0.4) is 0 Å². The van der Waals surface area contributed by atoms with Gasteiger partial charge in [0.05, 0.1) is 23.6 Å². The highest BCUT2D eigenvalue weighted by atomic mass is 16.5. The Labute approximate surface area is 108 Å². The molecule has 92 valence electrons. The summed E-state index contributed by atoms with van der Waals surface area (Å²) in [5, 5.41) is 18.0. The van der Waals surface area contributed by atoms with E-state index in [0.717, 1.165) is 19.3 Å². The van der Waals surface area contributed by atoms with Crippen LogP contribution >= 0.6 is 0 Å². The van der Waals surface area contributed by atoms with E-state index in [2.05, 4.69) is 19.1 Å². The molecule has 3 heteroatoms. The first-order valence-corrected chi connectivity index (χ1v) is 6.29. The maximum absolute atomic E-state index is 9.14. The molecule has 0 spiro atoms. The monoisotopic (exact) mass is 240 g/mol. The van der Waals surface area contributed by atoms with Gasteiger partial charge in [0, 0.05) is 0 Å². The van der Waals surface area contributed by atoms with E-state index in [-0.39, 0.29) is 12.0 Å². The topological polar surface area (TPSA) is 56.8 Å². The van der Waals surface area contributed by atoms with Crippen molar-refractivity contribution in [3.8, 4) is 17.9 Å². The first kappa shape index (κ1) is 12.5. The lowest BCUT2D eigenvalue weighted by atomic mass is 9.81. The van der Waals surface area contributed by atoms with E-state index < -0.39 is 0 Å². The summed E-state index contributed by atoms with van der Waals surface area (Å²) >= 11 is 0. The molecule has 0 bridgehead atoms. The van der Waals surface area contributed by atoms with Crippen LogP contribution in [0.1, 0.15) is 31.7 Å². The van der Waals surface area contributed by atoms with Gasteiger partial charge in [0.15, 0.2) is 0 Å². The summed E-state index contributed by atoms with van der Waals surface area (Å²) in [4.78, 5) is 0. The number of nitriles is 2. The summed E-state index contributed by atoms with van der Waals surface area (Å²) in [6.45, 7) is 2.19. The molecule has 1 fully saturated rings. The molecule has 3 atom stereocenters. The van der Waals surface area contributed by atoms with Gasteiger partial charge in [-0.25, -0.2) is 0 Å². The lowest BCUT2D eigenvalue weighted by Gasteiger charge is -2.31. The fraction of sp³-hybridized carbons (Fsp3) is 0.467. The Balaban J connectivity index is 2.11. The molecule has 18 heavy (non-hydrogen) atoms. The van der Waals surface area contributed by atoms with Gasteiger partial charge in [0.2, 0.25) is 0 Å². The van der Waals surface area contributed by atoms with Gasteiger partial charge in [-0.3, -0.25) is 0 Å². The van der Waals surface area contributed by atoms with Crippen molar-refractivity contribution in [3.05, 3.63) is 29.8 Å². The summed E-state index contributed by atoms with van der Waals surface area (Å²) < 4.78 is 5.90. The van der Waals surface area contributed by atoms with E-state index in [1.165, 1.54) is 0 Å². The van der Waals surface area contributed by atoms with Crippen LogP contribution in [0.15, 0.2) is 24.3 Å². The second-order valence-electron chi connectivity index (χ2n) is 4.95. The summed E-state index contributed by atoms with van der Waals surface area (Å²) in [5.74, 6) is 1.25. The predicted molar refractivity (Wildman–Crippen MR) is 67.7 cm³/mol. The highest BCUT2D eigenvalue weighted by Crippen LogP contribution is 2.31. The van der Waals surface area contributed by atoms with Gasteiger partial charge in [-0.2, -0.15) is 10.5 Å². The third-order valence-electron chi connectivity index (χ3n) is 3.47. The molecule has 1 aliphatic carbocycles. The zero-order valence-electron chi connectivity index (χ0n) is 10.5. The van der Waals surface area contributed by atoms with Gasteiger partial charge in [0.25, 0.3) is 0 Å². The van der Waals surface area contributed by atoms with E-state index in [4.69, 9.17) is 15.3 Å². The molecule has 0 aromatic heterocycles. The summed E-state index contributed by atoms with van der Waals surface area (Å²) in [5.41, 5.74) is 0.588. The van der Waals surface area contributed by atoms with E-state index in [9.17, 15) is 0 Å². The summed E-state index contributed by atoms with van der Waals surface area (Å²) in [6, 6.07) is 11.6. The third kappa shape index (κ3) is 2.81. The second-order valence-corrected chi connectivity index (χ2v) is 4.95. The van der Waals surface area contributed by atoms with E-state index in [1.807, 2.05) is 12.1 Å². The first-order valence-electron chi connectivity index (χ1n) is 6.29. The first-order chi connectivity index (χ1) is 8.72. The molecule has 1 aromatic rings. The molecule has 0 saturated heterocycles. The Morgan fingerprint density at radius 3 is 2.83 bits per heavy atom. The molecular formula is C15H16N2O. The van der Waals surface area contributed by atoms with Crippen molar-refractivity contribution in [3.63, 3.8) is 0 Å². The minimum atomic E-state index is -0.0484. The highest BCUT2D eigenvalue weighted by Gasteiger charge is 2.30. The normalized spacial score (nSPS) is 26.9. The number of hydrogen-bond donors (Lipinski definition) is 0. The van der Waals surface area contributed by atoms with Crippen molar-refractivity contribution in [2.75, 3.05) is 0 Å². The zero-order valence-corrected chi connectivity index (χ0v) is 10.5. The lowest BCUT2D eigenvalue weighted by molar-refractivity contribution is 0.0956. The molecule has 1 aliphatic rings. The quantitative estimate of drug-likeness (QED) is 0.797. The van der Waals surface area contributed by atoms with Crippen LogP contribution in [0, 0.1) is 34.5 Å². The molecular weight excluding hydrogens is 224 g/mol. The van der Waals surface area contributed by atoms with Crippen molar-refractivity contribution < 1.29 is 4.74 Å². The van der Waals surface area contributed by atoms with E-state index >= 15 is 0 Å². The number of hydrogen-bond acceptors (Lipinski definition) is 3. The van der Waals surface area contributed by atoms with Gasteiger partial charge < -0.3 is 4.74 Å². The molecule has 2 rings (SSSR count). The van der Waals surface area contributed by atoms with Gasteiger partial charge in [-0.1, -0.05) is 13.0 Å². The number of benzene rings is 1. The fourth-order valence-electron chi connectivity index (χ4n) is 2.42. The third-order valence-corrected chi connectivity index (χ3v) is 3.47. The van der Waals surface area contributed by atoms with Crippen LogP contribution in [0.4, 0.5) is 0 Å². The molecule has 1 aromatic carbocycles. The van der Waals surface area contributed by atoms with Crippen LogP contribution in [0.2, 0.25) is 0 Å². The molecule has 3 unspecified atom stereocenters. The van der Waals surface area contributed by atoms with E-state index in [0.29, 0.717) is 17.2 Å². The number of rotatable bonds is 2. The maximum Gasteiger partial charge on any atom is 0.121 e. The van der Waals surface area contributed by atoms with Gasteiger partial charge in [0.1, 0.15) is 11.9 Å². The minimum Gasteiger partial charge on any atom is -0.489 e. The smallest absolute Gasteiger partial charge is 0.121 e. The maximum atomic E-state index is 9.14. The second kappa shape index (κ2) is 5.56. The van der Waals surface area contributed by atoms with Gasteiger partial charge >= 0.3 is 0 Å². The van der Waals surface area contributed by atoms with Gasteiger partial charge in [-0.05, 0) is 43.4 Å². The summed E-state index contributed by atoms with van der Waals surface area (Å²) in [7, 11) is 0. The van der Waals surface area contributed by atoms with Crippen LogP contribution < -0.4 is 4.74 Å². The Kier molecular flexibility index (Phi) is 3.85. The minimum absolute atomic E-state index is 0.0352. The number of nitrogens with zero attached hydrogens (tertiary/aromatic N) is 2. The van der Waals surface area contributed by atoms with Crippen LogP contribution in [-0.2, 0) is 0 Å². The average molecular weight is 240 g/mol. The Bertz CT molecular complexity index is 498. The average Bonchev–Trinajstić information content (AvgIpc) is 2.39. The zero-order chi connectivity index (χ0) is 13.0. The Morgan fingerprint density at radius 1 is 1.28 bits per heavy atom. The van der Waals surface area contributed by atoms with Crippen LogP contribution in [-0.4, -0.2) is 6.10 Å². The lowest BCUT2D eigenvalue weighted by Crippen LogP contribution is -2.32. The van der Waals surface area contributed by atoms with Crippen LogP contribution in [0.5, 0.6) is 5.75 Å². The van der Waals surface area contributed by atoms with Crippen molar-refractivity contribution in [2.24, 2.45) is 11.8 Å². The van der Waals surface area contributed by atoms with Gasteiger partial charge in [-0.15, -0.1) is 0 Å². The fourth-order valence-corrected chi connectivity index (χ4v) is 2.42. The van der Waals surface area contributed by atoms with Crippen molar-refractivity contribution in [1.82, 2.24) is 0 Å². The SMILES string of the molecule is CC1CCC(C#N)C(Oc2cccc(C#N)c2)C1. The standard InChI is InChI=1S/C15H16N2O/c1-11-5-6-13(10-17)15(7-11)18-14-4-2-3-12(8-14)9-16/h2-4,8,11,13,15H,5-7H2,1H3. The largest absolute Gasteiger partial charge is 0.489 e. The Morgan fingerprint density at radius 2 is 2.11 bits per heavy atom. The highest BCUT2D eigenvalue weighted by molar-refractivity contribution is 5.36. The molecule has 0 aliphatic heterocycles. The molecule has 3 nitrogen and oxygen atoms in total. The predicted octanol–water partition coefficient (Wildman–Crippen LogP) is 3.27. The molecule has 0 heterocycles. The molecule has 0 N–H and O–H groups in total. The Hall–Kier alpha value is -2.00. The summed E-state index contributed by atoms with van der Waals surface area (Å²) in [6.07, 6.45) is 2.86. The van der Waals surface area contributed by atoms with E-state index in [1.54, 1.807) is 12.1 Å². The van der Waals surface area contributed by atoms with Crippen molar-refractivity contribution in [1.29, 1.82) is 10.5 Å².